The highest BCUT2D eigenvalue weighted by Crippen LogP contribution is 2.24. The first kappa shape index (κ1) is 12.7. The molecule has 0 unspecified atom stereocenters. The maximum absolute atomic E-state index is 11.7. The Morgan fingerprint density at radius 3 is 2.56 bits per heavy atom. The third-order valence-corrected chi connectivity index (χ3v) is 3.18. The molecule has 3 heteroatoms. The lowest BCUT2D eigenvalue weighted by molar-refractivity contribution is -0.117. The highest BCUT2D eigenvalue weighted by atomic mass is 16.5. The molecule has 18 heavy (non-hydrogen) atoms. The normalized spacial score (nSPS) is 19.3. The van der Waals surface area contributed by atoms with Crippen molar-refractivity contribution in [3.63, 3.8) is 0 Å². The molecule has 0 radical (unpaired) electrons. The van der Waals surface area contributed by atoms with Gasteiger partial charge in [-0.2, -0.15) is 0 Å². The molecule has 0 spiro atoms. The lowest BCUT2D eigenvalue weighted by atomic mass is 10.0. The van der Waals surface area contributed by atoms with Crippen molar-refractivity contribution >= 4 is 5.91 Å². The van der Waals surface area contributed by atoms with E-state index in [4.69, 9.17) is 4.74 Å². The van der Waals surface area contributed by atoms with E-state index in [1.165, 1.54) is 0 Å². The number of hydrogen-bond acceptors (Lipinski definition) is 2. The van der Waals surface area contributed by atoms with Crippen LogP contribution in [-0.2, 0) is 16.1 Å². The number of hydrogen-bond donors (Lipinski definition) is 1. The molecule has 96 valence electrons. The van der Waals surface area contributed by atoms with Gasteiger partial charge in [-0.25, -0.2) is 0 Å². The monoisotopic (exact) mass is 245 g/mol. The Kier molecular flexibility index (Phi) is 3.70. The van der Waals surface area contributed by atoms with Crippen LogP contribution >= 0.6 is 0 Å². The van der Waals surface area contributed by atoms with Crippen molar-refractivity contribution in [3.05, 3.63) is 47.2 Å². The van der Waals surface area contributed by atoms with E-state index >= 15 is 0 Å². The number of amides is 1. The zero-order valence-corrected chi connectivity index (χ0v) is 11.1. The van der Waals surface area contributed by atoms with E-state index in [9.17, 15) is 4.79 Å². The van der Waals surface area contributed by atoms with Gasteiger partial charge in [-0.1, -0.05) is 44.2 Å². The summed E-state index contributed by atoms with van der Waals surface area (Å²) in [5.74, 6) is 1.10. The van der Waals surface area contributed by atoms with Gasteiger partial charge in [-0.3, -0.25) is 4.79 Å². The quantitative estimate of drug-likeness (QED) is 0.885. The van der Waals surface area contributed by atoms with E-state index in [0.717, 1.165) is 11.3 Å². The van der Waals surface area contributed by atoms with Crippen molar-refractivity contribution in [1.82, 2.24) is 5.32 Å². The van der Waals surface area contributed by atoms with E-state index in [1.807, 2.05) is 37.3 Å². The van der Waals surface area contributed by atoms with Crippen LogP contribution < -0.4 is 5.32 Å². The van der Waals surface area contributed by atoms with Gasteiger partial charge >= 0.3 is 0 Å². The van der Waals surface area contributed by atoms with Gasteiger partial charge in [0.15, 0.2) is 0 Å². The second kappa shape index (κ2) is 5.25. The fourth-order valence-corrected chi connectivity index (χ4v) is 2.06. The van der Waals surface area contributed by atoms with Crippen LogP contribution in [0.25, 0.3) is 0 Å². The van der Waals surface area contributed by atoms with Gasteiger partial charge in [0.05, 0.1) is 11.6 Å². The molecule has 1 aliphatic rings. The Hall–Kier alpha value is -1.77. The Bertz CT molecular complexity index is 463. The van der Waals surface area contributed by atoms with Crippen molar-refractivity contribution in [2.75, 3.05) is 0 Å². The number of carbonyl (C=O) groups is 1. The van der Waals surface area contributed by atoms with Gasteiger partial charge in [-0.05, 0) is 18.4 Å². The maximum Gasteiger partial charge on any atom is 0.250 e. The highest BCUT2D eigenvalue weighted by Gasteiger charge is 2.32. The van der Waals surface area contributed by atoms with E-state index < -0.39 is 0 Å². The lowest BCUT2D eigenvalue weighted by Gasteiger charge is -2.19. The summed E-state index contributed by atoms with van der Waals surface area (Å²) in [6.07, 6.45) is 0. The van der Waals surface area contributed by atoms with E-state index in [0.29, 0.717) is 18.1 Å². The molecule has 1 heterocycles. The van der Waals surface area contributed by atoms with Gasteiger partial charge in [-0.15, -0.1) is 0 Å². The van der Waals surface area contributed by atoms with Gasteiger partial charge in [0.1, 0.15) is 12.4 Å². The van der Waals surface area contributed by atoms with Crippen LogP contribution in [0.3, 0.4) is 0 Å². The summed E-state index contributed by atoms with van der Waals surface area (Å²) in [7, 11) is 0. The van der Waals surface area contributed by atoms with E-state index in [1.54, 1.807) is 0 Å². The standard InChI is InChI=1S/C15H19NO2/c1-10(2)13-14(11(3)15(17)16-13)18-9-12-7-5-4-6-8-12/h4-8,10,13H,9H2,1-3H3,(H,16,17)/t13-/m0/s1. The third-order valence-electron chi connectivity index (χ3n) is 3.18. The van der Waals surface area contributed by atoms with Crippen molar-refractivity contribution in [1.29, 1.82) is 0 Å². The summed E-state index contributed by atoms with van der Waals surface area (Å²) in [4.78, 5) is 11.7. The number of carbonyl (C=O) groups excluding carboxylic acids is 1. The van der Waals surface area contributed by atoms with Crippen molar-refractivity contribution in [3.8, 4) is 0 Å². The van der Waals surface area contributed by atoms with E-state index in [2.05, 4.69) is 19.2 Å². The Labute approximate surface area is 108 Å². The zero-order valence-electron chi connectivity index (χ0n) is 11.1. The van der Waals surface area contributed by atoms with Gasteiger partial charge in [0.25, 0.3) is 5.91 Å². The largest absolute Gasteiger partial charge is 0.491 e. The molecular weight excluding hydrogens is 226 g/mol. The molecule has 0 saturated carbocycles. The lowest BCUT2D eigenvalue weighted by Crippen LogP contribution is -2.33. The minimum atomic E-state index is -0.0169. The third kappa shape index (κ3) is 2.55. The molecule has 1 aromatic carbocycles. The zero-order chi connectivity index (χ0) is 13.1. The molecule has 1 atom stereocenters. The summed E-state index contributed by atoms with van der Waals surface area (Å²) >= 11 is 0. The van der Waals surface area contributed by atoms with Crippen LogP contribution in [0.5, 0.6) is 0 Å². The number of ether oxygens (including phenoxy) is 1. The molecule has 1 amide bonds. The minimum absolute atomic E-state index is 0.00112. The minimum Gasteiger partial charge on any atom is -0.491 e. The molecule has 1 aromatic rings. The Balaban J connectivity index is 2.09. The fraction of sp³-hybridized carbons (Fsp3) is 0.400. The topological polar surface area (TPSA) is 38.3 Å². The van der Waals surface area contributed by atoms with Crippen LogP contribution in [0, 0.1) is 5.92 Å². The van der Waals surface area contributed by atoms with Crippen molar-refractivity contribution < 1.29 is 9.53 Å². The van der Waals surface area contributed by atoms with Gasteiger partial charge < -0.3 is 10.1 Å². The molecule has 0 aromatic heterocycles. The number of benzene rings is 1. The molecule has 0 aliphatic carbocycles. The summed E-state index contributed by atoms with van der Waals surface area (Å²) < 4.78 is 5.84. The van der Waals surface area contributed by atoms with Crippen LogP contribution in [0.15, 0.2) is 41.7 Å². The first-order valence-corrected chi connectivity index (χ1v) is 6.28. The second-order valence-electron chi connectivity index (χ2n) is 4.96. The fourth-order valence-electron chi connectivity index (χ4n) is 2.06. The maximum atomic E-state index is 11.7. The highest BCUT2D eigenvalue weighted by molar-refractivity contribution is 5.96. The summed E-state index contributed by atoms with van der Waals surface area (Å²) in [5.41, 5.74) is 1.81. The van der Waals surface area contributed by atoms with Crippen LogP contribution in [0.2, 0.25) is 0 Å². The van der Waals surface area contributed by atoms with Gasteiger partial charge in [0.2, 0.25) is 0 Å². The Morgan fingerprint density at radius 1 is 1.28 bits per heavy atom. The average Bonchev–Trinajstić information content (AvgIpc) is 2.65. The summed E-state index contributed by atoms with van der Waals surface area (Å²) in [6.45, 7) is 6.48. The Morgan fingerprint density at radius 2 is 1.94 bits per heavy atom. The van der Waals surface area contributed by atoms with E-state index in [-0.39, 0.29) is 11.9 Å². The predicted molar refractivity (Wildman–Crippen MR) is 70.7 cm³/mol. The smallest absolute Gasteiger partial charge is 0.250 e. The molecule has 2 rings (SSSR count). The molecule has 3 nitrogen and oxygen atoms in total. The molecule has 0 saturated heterocycles. The molecule has 1 N–H and O–H groups in total. The van der Waals surface area contributed by atoms with Crippen LogP contribution in [0.4, 0.5) is 0 Å². The summed E-state index contributed by atoms with van der Waals surface area (Å²) in [5, 5.41) is 2.95. The molecule has 0 bridgehead atoms. The first-order valence-electron chi connectivity index (χ1n) is 6.28. The van der Waals surface area contributed by atoms with Crippen molar-refractivity contribution in [2.24, 2.45) is 5.92 Å². The van der Waals surface area contributed by atoms with Crippen LogP contribution in [-0.4, -0.2) is 11.9 Å². The predicted octanol–water partition coefficient (Wildman–Crippen LogP) is 2.63. The molecule has 1 aliphatic heterocycles. The summed E-state index contributed by atoms with van der Waals surface area (Å²) in [6, 6.07) is 9.98. The van der Waals surface area contributed by atoms with Gasteiger partial charge in [0, 0.05) is 0 Å². The average molecular weight is 245 g/mol. The van der Waals surface area contributed by atoms with Crippen LogP contribution in [0.1, 0.15) is 26.3 Å². The van der Waals surface area contributed by atoms with Crippen molar-refractivity contribution in [2.45, 2.75) is 33.4 Å². The second-order valence-corrected chi connectivity index (χ2v) is 4.96. The number of nitrogens with one attached hydrogen (secondary N) is 1. The molecular formula is C15H19NO2. The first-order chi connectivity index (χ1) is 8.59. The molecule has 0 fully saturated rings. The number of rotatable bonds is 4. The SMILES string of the molecule is CC1=C(OCc2ccccc2)[C@H](C(C)C)NC1=O.